The lowest BCUT2D eigenvalue weighted by Crippen LogP contribution is -2.39. The van der Waals surface area contributed by atoms with Crippen LogP contribution in [0.5, 0.6) is 0 Å². The number of aromatic nitrogens is 1. The van der Waals surface area contributed by atoms with E-state index in [1.807, 2.05) is 30.3 Å². The number of halogens is 3. The van der Waals surface area contributed by atoms with Crippen LogP contribution in [0.2, 0.25) is 0 Å². The van der Waals surface area contributed by atoms with Gasteiger partial charge in [0, 0.05) is 30.9 Å². The zero-order valence-electron chi connectivity index (χ0n) is 18.7. The standard InChI is InChI=1S/C26H25F3N2O2/c1-25(2,3)33-24(32)31-13-10-17(11-14-31)23-15-19(26(27,28)29)7-8-22(23)21-6-4-5-18-16-30-12-9-20(18)21/h4-10,12,15-16H,11,13-14H2,1-3H3. The number of amides is 1. The first kappa shape index (κ1) is 22.8. The summed E-state index contributed by atoms with van der Waals surface area (Å²) < 4.78 is 46.1. The second kappa shape index (κ2) is 8.54. The molecule has 2 aromatic carbocycles. The van der Waals surface area contributed by atoms with E-state index in [2.05, 4.69) is 4.98 Å². The Kier molecular flexibility index (Phi) is 5.91. The van der Waals surface area contributed by atoms with E-state index in [0.29, 0.717) is 18.5 Å². The minimum absolute atomic E-state index is 0.277. The summed E-state index contributed by atoms with van der Waals surface area (Å²) in [5.41, 5.74) is 1.56. The Labute approximate surface area is 190 Å². The minimum atomic E-state index is -4.45. The molecule has 0 saturated heterocycles. The molecule has 0 radical (unpaired) electrons. The van der Waals surface area contributed by atoms with Gasteiger partial charge in [0.2, 0.25) is 0 Å². The number of hydrogen-bond acceptors (Lipinski definition) is 3. The van der Waals surface area contributed by atoms with Gasteiger partial charge in [-0.1, -0.05) is 30.3 Å². The van der Waals surface area contributed by atoms with Crippen LogP contribution in [-0.4, -0.2) is 34.7 Å². The van der Waals surface area contributed by atoms with Crippen molar-refractivity contribution in [1.29, 1.82) is 0 Å². The first-order valence-corrected chi connectivity index (χ1v) is 10.7. The molecule has 172 valence electrons. The van der Waals surface area contributed by atoms with Crippen LogP contribution in [-0.2, 0) is 10.9 Å². The zero-order valence-corrected chi connectivity index (χ0v) is 18.7. The number of carbonyl (C=O) groups is 1. The van der Waals surface area contributed by atoms with Crippen molar-refractivity contribution in [2.75, 3.05) is 13.1 Å². The van der Waals surface area contributed by atoms with Gasteiger partial charge in [-0.2, -0.15) is 13.2 Å². The number of rotatable bonds is 2. The Hall–Kier alpha value is -3.35. The number of nitrogens with zero attached hydrogens (tertiary/aromatic N) is 2. The molecular formula is C26H25F3N2O2. The highest BCUT2D eigenvalue weighted by Gasteiger charge is 2.32. The normalized spacial score (nSPS) is 14.8. The van der Waals surface area contributed by atoms with Crippen LogP contribution >= 0.6 is 0 Å². The predicted molar refractivity (Wildman–Crippen MR) is 123 cm³/mol. The summed E-state index contributed by atoms with van der Waals surface area (Å²) in [6.45, 7) is 6.04. The largest absolute Gasteiger partial charge is 0.444 e. The number of ether oxygens (including phenoxy) is 1. The fourth-order valence-corrected chi connectivity index (χ4v) is 3.98. The lowest BCUT2D eigenvalue weighted by atomic mass is 9.88. The van der Waals surface area contributed by atoms with Crippen LogP contribution in [0.1, 0.15) is 38.3 Å². The molecule has 1 aromatic heterocycles. The summed E-state index contributed by atoms with van der Waals surface area (Å²) >= 11 is 0. The second-order valence-corrected chi connectivity index (χ2v) is 9.07. The van der Waals surface area contributed by atoms with Gasteiger partial charge in [0.25, 0.3) is 0 Å². The summed E-state index contributed by atoms with van der Waals surface area (Å²) in [4.78, 5) is 18.1. The molecule has 4 nitrogen and oxygen atoms in total. The summed E-state index contributed by atoms with van der Waals surface area (Å²) in [6.07, 6.45) is 0.783. The van der Waals surface area contributed by atoms with Crippen molar-refractivity contribution in [3.05, 3.63) is 72.1 Å². The molecule has 3 aromatic rings. The molecule has 1 aliphatic heterocycles. The molecule has 0 N–H and O–H groups in total. The van der Waals surface area contributed by atoms with Crippen LogP contribution in [0.3, 0.4) is 0 Å². The van der Waals surface area contributed by atoms with Crippen molar-refractivity contribution >= 4 is 22.4 Å². The molecule has 0 saturated carbocycles. The molecule has 4 rings (SSSR count). The van der Waals surface area contributed by atoms with E-state index >= 15 is 0 Å². The molecular weight excluding hydrogens is 429 g/mol. The SMILES string of the molecule is CC(C)(C)OC(=O)N1CC=C(c2cc(C(F)(F)F)ccc2-c2cccc3cnccc23)CC1. The third-order valence-corrected chi connectivity index (χ3v) is 5.52. The van der Waals surface area contributed by atoms with Gasteiger partial charge >= 0.3 is 12.3 Å². The highest BCUT2D eigenvalue weighted by molar-refractivity contribution is 5.99. The van der Waals surface area contributed by atoms with Crippen molar-refractivity contribution in [3.8, 4) is 11.1 Å². The number of alkyl halides is 3. The van der Waals surface area contributed by atoms with Crippen molar-refractivity contribution in [2.45, 2.75) is 39.0 Å². The summed E-state index contributed by atoms with van der Waals surface area (Å²) in [6, 6.07) is 11.4. The van der Waals surface area contributed by atoms with Crippen molar-refractivity contribution in [3.63, 3.8) is 0 Å². The lowest BCUT2D eigenvalue weighted by Gasteiger charge is -2.30. The van der Waals surface area contributed by atoms with E-state index in [1.54, 1.807) is 38.1 Å². The van der Waals surface area contributed by atoms with E-state index in [-0.39, 0.29) is 6.54 Å². The van der Waals surface area contributed by atoms with Gasteiger partial charge < -0.3 is 9.64 Å². The predicted octanol–water partition coefficient (Wildman–Crippen LogP) is 6.94. The number of pyridine rings is 1. The molecule has 0 bridgehead atoms. The average Bonchev–Trinajstić information content (AvgIpc) is 2.77. The molecule has 0 unspecified atom stereocenters. The molecule has 0 atom stereocenters. The third kappa shape index (κ3) is 5.02. The number of carbonyl (C=O) groups excluding carboxylic acids is 1. The fourth-order valence-electron chi connectivity index (χ4n) is 3.98. The molecule has 33 heavy (non-hydrogen) atoms. The summed E-state index contributed by atoms with van der Waals surface area (Å²) in [5, 5.41) is 1.83. The molecule has 0 fully saturated rings. The summed E-state index contributed by atoms with van der Waals surface area (Å²) in [7, 11) is 0. The lowest BCUT2D eigenvalue weighted by molar-refractivity contribution is -0.137. The van der Waals surface area contributed by atoms with Crippen molar-refractivity contribution in [2.24, 2.45) is 0 Å². The Morgan fingerprint density at radius 2 is 1.82 bits per heavy atom. The molecule has 1 amide bonds. The highest BCUT2D eigenvalue weighted by atomic mass is 19.4. The van der Waals surface area contributed by atoms with Crippen molar-refractivity contribution < 1.29 is 22.7 Å². The molecule has 1 aliphatic rings. The highest BCUT2D eigenvalue weighted by Crippen LogP contribution is 2.39. The Morgan fingerprint density at radius 3 is 2.48 bits per heavy atom. The van der Waals surface area contributed by atoms with Crippen LogP contribution in [0, 0.1) is 0 Å². The number of hydrogen-bond donors (Lipinski definition) is 0. The average molecular weight is 454 g/mol. The quantitative estimate of drug-likeness (QED) is 0.421. The van der Waals surface area contributed by atoms with Crippen molar-refractivity contribution in [1.82, 2.24) is 9.88 Å². The first-order valence-electron chi connectivity index (χ1n) is 10.7. The van der Waals surface area contributed by atoms with E-state index in [1.165, 1.54) is 12.1 Å². The Bertz CT molecular complexity index is 1220. The van der Waals surface area contributed by atoms with Crippen LogP contribution in [0.25, 0.3) is 27.5 Å². The topological polar surface area (TPSA) is 42.4 Å². The Morgan fingerprint density at radius 1 is 1.03 bits per heavy atom. The monoisotopic (exact) mass is 454 g/mol. The van der Waals surface area contributed by atoms with Gasteiger partial charge in [0.05, 0.1) is 5.56 Å². The van der Waals surface area contributed by atoms with Gasteiger partial charge in [-0.3, -0.25) is 4.98 Å². The third-order valence-electron chi connectivity index (χ3n) is 5.52. The number of fused-ring (bicyclic) bond motifs is 1. The van der Waals surface area contributed by atoms with Gasteiger partial charge in [-0.05, 0) is 73.0 Å². The number of benzene rings is 2. The maximum atomic E-state index is 13.6. The van der Waals surface area contributed by atoms with Gasteiger partial charge in [-0.25, -0.2) is 4.79 Å². The summed E-state index contributed by atoms with van der Waals surface area (Å²) in [5.74, 6) is 0. The van der Waals surface area contributed by atoms with E-state index in [9.17, 15) is 18.0 Å². The van der Waals surface area contributed by atoms with E-state index in [0.717, 1.165) is 33.5 Å². The maximum Gasteiger partial charge on any atom is 0.416 e. The molecule has 0 spiro atoms. The molecule has 7 heteroatoms. The van der Waals surface area contributed by atoms with E-state index < -0.39 is 23.4 Å². The van der Waals surface area contributed by atoms with Gasteiger partial charge in [0.15, 0.2) is 0 Å². The van der Waals surface area contributed by atoms with Gasteiger partial charge in [0.1, 0.15) is 5.60 Å². The van der Waals surface area contributed by atoms with E-state index in [4.69, 9.17) is 4.74 Å². The molecule has 2 heterocycles. The van der Waals surface area contributed by atoms with Gasteiger partial charge in [-0.15, -0.1) is 0 Å². The Balaban J connectivity index is 1.76. The second-order valence-electron chi connectivity index (χ2n) is 9.07. The van der Waals surface area contributed by atoms with Crippen LogP contribution in [0.4, 0.5) is 18.0 Å². The first-order chi connectivity index (χ1) is 15.5. The molecule has 0 aliphatic carbocycles. The minimum Gasteiger partial charge on any atom is -0.444 e. The van der Waals surface area contributed by atoms with Crippen LogP contribution < -0.4 is 0 Å². The maximum absolute atomic E-state index is 13.6. The van der Waals surface area contributed by atoms with Crippen LogP contribution in [0.15, 0.2) is 60.9 Å². The smallest absolute Gasteiger partial charge is 0.416 e. The fraction of sp³-hybridized carbons (Fsp3) is 0.308. The zero-order chi connectivity index (χ0) is 23.8.